The van der Waals surface area contributed by atoms with E-state index in [1.807, 2.05) is 0 Å². The Bertz CT molecular complexity index is 496. The quantitative estimate of drug-likeness (QED) is 0.914. The van der Waals surface area contributed by atoms with Gasteiger partial charge in [0.2, 0.25) is 0 Å². The summed E-state index contributed by atoms with van der Waals surface area (Å²) in [6.45, 7) is 2.47. The van der Waals surface area contributed by atoms with Crippen molar-refractivity contribution in [1.82, 2.24) is 10.3 Å². The number of nitrogens with one attached hydrogen (secondary N) is 1. The molecule has 0 radical (unpaired) electrons. The van der Waals surface area contributed by atoms with Crippen LogP contribution in [0.2, 0.25) is 0 Å². The Morgan fingerprint density at radius 3 is 2.59 bits per heavy atom. The number of piperidine rings is 1. The van der Waals surface area contributed by atoms with Gasteiger partial charge in [-0.25, -0.2) is 0 Å². The van der Waals surface area contributed by atoms with E-state index in [1.54, 1.807) is 0 Å². The van der Waals surface area contributed by atoms with E-state index in [-0.39, 0.29) is 18.2 Å². The number of ether oxygens (including phenoxy) is 1. The van der Waals surface area contributed by atoms with Crippen LogP contribution in [0.5, 0.6) is 5.75 Å². The molecule has 2 heterocycles. The molecule has 0 bridgehead atoms. The van der Waals surface area contributed by atoms with Crippen molar-refractivity contribution < 1.29 is 17.9 Å². The van der Waals surface area contributed by atoms with Crippen molar-refractivity contribution in [3.63, 3.8) is 0 Å². The Morgan fingerprint density at radius 1 is 1.27 bits per heavy atom. The number of hydrogen-bond acceptors (Lipinski definition) is 3. The van der Waals surface area contributed by atoms with Gasteiger partial charge in [-0.1, -0.05) is 0 Å². The number of rotatable bonds is 3. The fourth-order valence-electron chi connectivity index (χ4n) is 3.58. The molecule has 3 rings (SSSR count). The van der Waals surface area contributed by atoms with Crippen molar-refractivity contribution in [2.45, 2.75) is 31.9 Å². The topological polar surface area (TPSA) is 34.1 Å². The lowest BCUT2D eigenvalue weighted by atomic mass is 9.58. The van der Waals surface area contributed by atoms with Crippen molar-refractivity contribution in [2.75, 3.05) is 19.7 Å². The van der Waals surface area contributed by atoms with E-state index in [1.165, 1.54) is 25.1 Å². The lowest BCUT2D eigenvalue weighted by Crippen LogP contribution is -2.46. The molecule has 2 fully saturated rings. The third kappa shape index (κ3) is 3.66. The summed E-state index contributed by atoms with van der Waals surface area (Å²) in [4.78, 5) is 3.53. The number of pyridine rings is 1. The first-order chi connectivity index (χ1) is 9.99. The van der Waals surface area contributed by atoms with Gasteiger partial charge in [0.1, 0.15) is 11.3 Å². The van der Waals surface area contributed by atoms with E-state index in [0.29, 0.717) is 17.9 Å². The lowest BCUT2D eigenvalue weighted by molar-refractivity contribution is -0.139. The molecule has 2 aliphatic rings. The van der Waals surface area contributed by atoms with E-state index in [4.69, 9.17) is 4.74 Å². The van der Waals surface area contributed by atoms with Crippen molar-refractivity contribution in [3.05, 3.63) is 24.0 Å². The van der Waals surface area contributed by atoms with Crippen LogP contribution in [0.4, 0.5) is 13.2 Å². The largest absolute Gasteiger partial charge is 0.493 e. The second kappa shape index (κ2) is 6.62. The molecule has 0 aromatic carbocycles. The highest BCUT2D eigenvalue weighted by Gasteiger charge is 2.44. The first kappa shape index (κ1) is 17.3. The van der Waals surface area contributed by atoms with E-state index in [2.05, 4.69) is 10.3 Å². The molecule has 1 saturated heterocycles. The second-order valence-electron chi connectivity index (χ2n) is 6.20. The first-order valence-electron chi connectivity index (χ1n) is 7.33. The molecule has 1 aromatic rings. The van der Waals surface area contributed by atoms with E-state index >= 15 is 0 Å². The fraction of sp³-hybridized carbons (Fsp3) is 0.667. The summed E-state index contributed by atoms with van der Waals surface area (Å²) in [6, 6.07) is 1.29. The monoisotopic (exact) mass is 336 g/mol. The van der Waals surface area contributed by atoms with Gasteiger partial charge in [0.25, 0.3) is 0 Å². The molecule has 1 aliphatic heterocycles. The molecular weight excluding hydrogens is 317 g/mol. The molecule has 0 amide bonds. The zero-order valence-corrected chi connectivity index (χ0v) is 13.0. The minimum absolute atomic E-state index is 0. The molecule has 0 atom stereocenters. The van der Waals surface area contributed by atoms with E-state index in [0.717, 1.165) is 32.1 Å². The number of aromatic nitrogens is 1. The number of halogens is 4. The molecule has 22 heavy (non-hydrogen) atoms. The van der Waals surface area contributed by atoms with Crippen LogP contribution >= 0.6 is 12.4 Å². The standard InChI is InChI=1S/C15H19F3N2O.ClH/c16-15(17,18)12-9-20-4-1-13(12)21-10-11-7-14(8-11)2-5-19-6-3-14;/h1,4,9,11,19H,2-3,5-8,10H2;1H. The Balaban J connectivity index is 0.00000176. The average molecular weight is 337 g/mol. The maximum absolute atomic E-state index is 12.8. The molecule has 1 saturated carbocycles. The maximum atomic E-state index is 12.8. The first-order valence-corrected chi connectivity index (χ1v) is 7.33. The lowest BCUT2D eigenvalue weighted by Gasteiger charge is -2.50. The Morgan fingerprint density at radius 2 is 1.95 bits per heavy atom. The zero-order valence-electron chi connectivity index (χ0n) is 12.2. The van der Waals surface area contributed by atoms with Crippen molar-refractivity contribution in [1.29, 1.82) is 0 Å². The highest BCUT2D eigenvalue weighted by molar-refractivity contribution is 5.85. The SMILES string of the molecule is Cl.FC(F)(F)c1cnccc1OCC1CC2(CCNCC2)C1. The Labute approximate surface area is 134 Å². The molecule has 1 aliphatic carbocycles. The van der Waals surface area contributed by atoms with Crippen LogP contribution in [0.1, 0.15) is 31.2 Å². The molecule has 0 unspecified atom stereocenters. The van der Waals surface area contributed by atoms with Crippen LogP contribution < -0.4 is 10.1 Å². The maximum Gasteiger partial charge on any atom is 0.421 e. The molecule has 1 spiro atoms. The predicted octanol–water partition coefficient (Wildman–Crippen LogP) is 3.68. The summed E-state index contributed by atoms with van der Waals surface area (Å²) >= 11 is 0. The summed E-state index contributed by atoms with van der Waals surface area (Å²) in [5.41, 5.74) is -0.370. The third-order valence-corrected chi connectivity index (χ3v) is 4.67. The van der Waals surface area contributed by atoms with Crippen molar-refractivity contribution in [2.24, 2.45) is 11.3 Å². The van der Waals surface area contributed by atoms with Gasteiger partial charge in [0.15, 0.2) is 0 Å². The van der Waals surface area contributed by atoms with Crippen LogP contribution in [-0.2, 0) is 6.18 Å². The van der Waals surface area contributed by atoms with Crippen LogP contribution in [0.3, 0.4) is 0 Å². The summed E-state index contributed by atoms with van der Waals surface area (Å²) < 4.78 is 43.9. The minimum Gasteiger partial charge on any atom is -0.493 e. The molecule has 1 aromatic heterocycles. The number of nitrogens with zero attached hydrogens (tertiary/aromatic N) is 1. The van der Waals surface area contributed by atoms with Gasteiger partial charge in [0, 0.05) is 12.4 Å². The predicted molar refractivity (Wildman–Crippen MR) is 79.2 cm³/mol. The molecule has 3 nitrogen and oxygen atoms in total. The fourth-order valence-corrected chi connectivity index (χ4v) is 3.58. The molecule has 124 valence electrons. The minimum atomic E-state index is -4.42. The van der Waals surface area contributed by atoms with Crippen LogP contribution in [-0.4, -0.2) is 24.7 Å². The molecule has 7 heteroatoms. The highest BCUT2D eigenvalue weighted by atomic mass is 35.5. The van der Waals surface area contributed by atoms with Gasteiger partial charge in [-0.2, -0.15) is 13.2 Å². The zero-order chi connectivity index (χ0) is 14.9. The van der Waals surface area contributed by atoms with Crippen LogP contribution in [0.25, 0.3) is 0 Å². The van der Waals surface area contributed by atoms with Gasteiger partial charge in [-0.3, -0.25) is 4.98 Å². The summed E-state index contributed by atoms with van der Waals surface area (Å²) in [5.74, 6) is 0.265. The normalized spacial score (nSPS) is 21.0. The molecular formula is C15H20ClF3N2O. The number of alkyl halides is 3. The Hall–Kier alpha value is -1.01. The van der Waals surface area contributed by atoms with Gasteiger partial charge in [-0.15, -0.1) is 12.4 Å². The van der Waals surface area contributed by atoms with E-state index < -0.39 is 11.7 Å². The van der Waals surface area contributed by atoms with E-state index in [9.17, 15) is 13.2 Å². The highest BCUT2D eigenvalue weighted by Crippen LogP contribution is 2.51. The summed E-state index contributed by atoms with van der Waals surface area (Å²) in [6.07, 6.45) is 2.23. The van der Waals surface area contributed by atoms with Gasteiger partial charge in [-0.05, 0) is 56.2 Å². The van der Waals surface area contributed by atoms with Crippen molar-refractivity contribution >= 4 is 12.4 Å². The molecule has 1 N–H and O–H groups in total. The van der Waals surface area contributed by atoms with Gasteiger partial charge in [0.05, 0.1) is 6.61 Å². The van der Waals surface area contributed by atoms with Gasteiger partial charge >= 0.3 is 6.18 Å². The summed E-state index contributed by atoms with van der Waals surface area (Å²) in [7, 11) is 0. The third-order valence-electron chi connectivity index (χ3n) is 4.67. The summed E-state index contributed by atoms with van der Waals surface area (Å²) in [5, 5.41) is 3.34. The van der Waals surface area contributed by atoms with Crippen molar-refractivity contribution in [3.8, 4) is 5.75 Å². The smallest absolute Gasteiger partial charge is 0.421 e. The van der Waals surface area contributed by atoms with Crippen LogP contribution in [0, 0.1) is 11.3 Å². The number of hydrogen-bond donors (Lipinski definition) is 1. The Kier molecular flexibility index (Phi) is 5.22. The second-order valence-corrected chi connectivity index (χ2v) is 6.20. The average Bonchev–Trinajstić information content (AvgIpc) is 2.43. The van der Waals surface area contributed by atoms with Crippen LogP contribution in [0.15, 0.2) is 18.5 Å². The van der Waals surface area contributed by atoms with Gasteiger partial charge < -0.3 is 10.1 Å².